The summed E-state index contributed by atoms with van der Waals surface area (Å²) in [4.78, 5) is 28.9. The van der Waals surface area contributed by atoms with E-state index in [0.717, 1.165) is 18.7 Å². The van der Waals surface area contributed by atoms with Gasteiger partial charge in [0.25, 0.3) is 0 Å². The van der Waals surface area contributed by atoms with Crippen molar-refractivity contribution in [2.45, 2.75) is 13.3 Å². The normalized spacial score (nSPS) is 17.1. The number of esters is 1. The molecule has 5 heteroatoms. The monoisotopic (exact) mass is 304 g/mol. The fourth-order valence-corrected chi connectivity index (χ4v) is 2.61. The Morgan fingerprint density at radius 1 is 1.14 bits per heavy atom. The molecule has 5 nitrogen and oxygen atoms in total. The number of likely N-dealkylation sites (N-methyl/N-ethyl adjacent to an activating group) is 1. The number of ether oxygens (including phenoxy) is 1. The number of carbonyl (C=O) groups is 2. The lowest BCUT2D eigenvalue weighted by Gasteiger charge is -2.34. The van der Waals surface area contributed by atoms with E-state index < -0.39 is 11.9 Å². The van der Waals surface area contributed by atoms with Crippen LogP contribution in [0.1, 0.15) is 12.5 Å². The summed E-state index contributed by atoms with van der Waals surface area (Å²) in [5.41, 5.74) is 0.975. The van der Waals surface area contributed by atoms with Crippen molar-refractivity contribution in [1.82, 2.24) is 9.80 Å². The van der Waals surface area contributed by atoms with Gasteiger partial charge in [-0.05, 0) is 26.0 Å². The number of amides is 1. The predicted molar refractivity (Wildman–Crippen MR) is 84.3 cm³/mol. The average Bonchev–Trinajstić information content (AvgIpc) is 2.54. The molecule has 0 unspecified atom stereocenters. The average molecular weight is 304 g/mol. The van der Waals surface area contributed by atoms with Gasteiger partial charge in [-0.3, -0.25) is 9.59 Å². The van der Waals surface area contributed by atoms with Gasteiger partial charge in [0.1, 0.15) is 5.92 Å². The van der Waals surface area contributed by atoms with Crippen LogP contribution in [0.5, 0.6) is 0 Å². The van der Waals surface area contributed by atoms with Crippen LogP contribution in [0.4, 0.5) is 0 Å². The van der Waals surface area contributed by atoms with E-state index in [1.54, 1.807) is 11.8 Å². The number of rotatable bonds is 5. The Morgan fingerprint density at radius 2 is 1.77 bits per heavy atom. The second-order valence-corrected chi connectivity index (χ2v) is 5.62. The van der Waals surface area contributed by atoms with Crippen molar-refractivity contribution in [3.63, 3.8) is 0 Å². The first-order valence-electron chi connectivity index (χ1n) is 7.79. The lowest BCUT2D eigenvalue weighted by atomic mass is 9.97. The third-order valence-electron chi connectivity index (χ3n) is 3.97. The molecule has 0 saturated carbocycles. The third-order valence-corrected chi connectivity index (χ3v) is 3.97. The summed E-state index contributed by atoms with van der Waals surface area (Å²) in [5, 5.41) is 0. The van der Waals surface area contributed by atoms with Gasteiger partial charge >= 0.3 is 5.97 Å². The van der Waals surface area contributed by atoms with Gasteiger partial charge in [0.15, 0.2) is 0 Å². The molecule has 1 aromatic carbocycles. The van der Waals surface area contributed by atoms with Crippen LogP contribution < -0.4 is 0 Å². The van der Waals surface area contributed by atoms with Crippen molar-refractivity contribution in [2.24, 2.45) is 5.92 Å². The van der Waals surface area contributed by atoms with Gasteiger partial charge in [-0.25, -0.2) is 0 Å². The Bertz CT molecular complexity index is 496. The van der Waals surface area contributed by atoms with E-state index in [9.17, 15) is 9.59 Å². The Labute approximate surface area is 131 Å². The molecule has 1 amide bonds. The molecular weight excluding hydrogens is 280 g/mol. The first-order chi connectivity index (χ1) is 10.6. The molecule has 1 fully saturated rings. The standard InChI is InChI=1S/C17H24N2O3/c1-3-22-17(21)15(13-14-7-5-4-6-8-14)16(20)19-11-9-18(2)10-12-19/h4-8,15H,3,9-13H2,1-2H3/t15-/m1/s1. The van der Waals surface area contributed by atoms with E-state index in [-0.39, 0.29) is 5.91 Å². The largest absolute Gasteiger partial charge is 0.465 e. The van der Waals surface area contributed by atoms with Crippen LogP contribution in [0.2, 0.25) is 0 Å². The second kappa shape index (κ2) is 7.94. The van der Waals surface area contributed by atoms with Crippen molar-refractivity contribution in [3.8, 4) is 0 Å². The van der Waals surface area contributed by atoms with Crippen molar-refractivity contribution in [1.29, 1.82) is 0 Å². The van der Waals surface area contributed by atoms with Crippen LogP contribution in [0.3, 0.4) is 0 Å². The van der Waals surface area contributed by atoms with Crippen LogP contribution in [0.25, 0.3) is 0 Å². The smallest absolute Gasteiger partial charge is 0.318 e. The van der Waals surface area contributed by atoms with E-state index in [0.29, 0.717) is 26.1 Å². The summed E-state index contributed by atoms with van der Waals surface area (Å²) in [6, 6.07) is 9.62. The Morgan fingerprint density at radius 3 is 2.36 bits per heavy atom. The molecule has 0 radical (unpaired) electrons. The summed E-state index contributed by atoms with van der Waals surface area (Å²) < 4.78 is 5.11. The summed E-state index contributed by atoms with van der Waals surface area (Å²) in [6.45, 7) is 5.07. The zero-order valence-corrected chi connectivity index (χ0v) is 13.3. The van der Waals surface area contributed by atoms with Crippen LogP contribution in [-0.2, 0) is 20.7 Å². The van der Waals surface area contributed by atoms with Crippen LogP contribution in [-0.4, -0.2) is 61.5 Å². The first-order valence-corrected chi connectivity index (χ1v) is 7.79. The van der Waals surface area contributed by atoms with Gasteiger partial charge < -0.3 is 14.5 Å². The number of carbonyl (C=O) groups excluding carboxylic acids is 2. The molecule has 1 saturated heterocycles. The minimum atomic E-state index is -0.745. The Balaban J connectivity index is 2.09. The van der Waals surface area contributed by atoms with Crippen molar-refractivity contribution >= 4 is 11.9 Å². The molecule has 0 spiro atoms. The van der Waals surface area contributed by atoms with Crippen molar-refractivity contribution in [2.75, 3.05) is 39.8 Å². The predicted octanol–water partition coefficient (Wildman–Crippen LogP) is 1.18. The SMILES string of the molecule is CCOC(=O)[C@H](Cc1ccccc1)C(=O)N1CCN(C)CC1. The number of benzene rings is 1. The fourth-order valence-electron chi connectivity index (χ4n) is 2.61. The maximum Gasteiger partial charge on any atom is 0.318 e. The van der Waals surface area contributed by atoms with Crippen LogP contribution in [0, 0.1) is 5.92 Å². The molecule has 0 aliphatic carbocycles. The molecule has 2 rings (SSSR count). The van der Waals surface area contributed by atoms with Gasteiger partial charge in [0, 0.05) is 26.2 Å². The second-order valence-electron chi connectivity index (χ2n) is 5.62. The lowest BCUT2D eigenvalue weighted by molar-refractivity contribution is -0.156. The highest BCUT2D eigenvalue weighted by Crippen LogP contribution is 2.15. The first kappa shape index (κ1) is 16.5. The molecule has 1 aliphatic heterocycles. The maximum absolute atomic E-state index is 12.7. The molecule has 1 aliphatic rings. The minimum absolute atomic E-state index is 0.115. The highest BCUT2D eigenvalue weighted by Gasteiger charge is 2.33. The molecular formula is C17H24N2O3. The Kier molecular flexibility index (Phi) is 5.95. The van der Waals surface area contributed by atoms with E-state index in [1.807, 2.05) is 37.4 Å². The van der Waals surface area contributed by atoms with Gasteiger partial charge in [-0.2, -0.15) is 0 Å². The molecule has 0 N–H and O–H groups in total. The highest BCUT2D eigenvalue weighted by molar-refractivity contribution is 5.98. The number of hydrogen-bond acceptors (Lipinski definition) is 4. The molecule has 1 aromatic rings. The number of nitrogens with zero attached hydrogens (tertiary/aromatic N) is 2. The van der Waals surface area contributed by atoms with E-state index in [2.05, 4.69) is 4.90 Å². The highest BCUT2D eigenvalue weighted by atomic mass is 16.5. The Hall–Kier alpha value is -1.88. The number of hydrogen-bond donors (Lipinski definition) is 0. The van der Waals surface area contributed by atoms with E-state index in [1.165, 1.54) is 0 Å². The molecule has 0 aromatic heterocycles. The molecule has 1 atom stereocenters. The summed E-state index contributed by atoms with van der Waals surface area (Å²) in [6.07, 6.45) is 0.394. The fraction of sp³-hybridized carbons (Fsp3) is 0.529. The topological polar surface area (TPSA) is 49.9 Å². The summed E-state index contributed by atoms with van der Waals surface area (Å²) in [7, 11) is 2.04. The van der Waals surface area contributed by atoms with Crippen molar-refractivity contribution < 1.29 is 14.3 Å². The summed E-state index contributed by atoms with van der Waals surface area (Å²) in [5.74, 6) is -1.28. The summed E-state index contributed by atoms with van der Waals surface area (Å²) >= 11 is 0. The minimum Gasteiger partial charge on any atom is -0.465 e. The van der Waals surface area contributed by atoms with Crippen molar-refractivity contribution in [3.05, 3.63) is 35.9 Å². The maximum atomic E-state index is 12.7. The third kappa shape index (κ3) is 4.31. The zero-order chi connectivity index (χ0) is 15.9. The van der Waals surface area contributed by atoms with E-state index >= 15 is 0 Å². The molecule has 1 heterocycles. The van der Waals surface area contributed by atoms with Crippen LogP contribution in [0.15, 0.2) is 30.3 Å². The zero-order valence-electron chi connectivity index (χ0n) is 13.3. The van der Waals surface area contributed by atoms with Gasteiger partial charge in [-0.15, -0.1) is 0 Å². The van der Waals surface area contributed by atoms with Gasteiger partial charge in [0.05, 0.1) is 6.61 Å². The molecule has 0 bridgehead atoms. The van der Waals surface area contributed by atoms with Gasteiger partial charge in [0.2, 0.25) is 5.91 Å². The van der Waals surface area contributed by atoms with Gasteiger partial charge in [-0.1, -0.05) is 30.3 Å². The van der Waals surface area contributed by atoms with E-state index in [4.69, 9.17) is 4.74 Å². The number of piperazine rings is 1. The van der Waals surface area contributed by atoms with Crippen LogP contribution >= 0.6 is 0 Å². The molecule has 120 valence electrons. The molecule has 22 heavy (non-hydrogen) atoms. The quantitative estimate of drug-likeness (QED) is 0.605. The lowest BCUT2D eigenvalue weighted by Crippen LogP contribution is -2.50.